The molecule has 0 radical (unpaired) electrons. The summed E-state index contributed by atoms with van der Waals surface area (Å²) in [6, 6.07) is 9.65. The quantitative estimate of drug-likeness (QED) is 0.782. The summed E-state index contributed by atoms with van der Waals surface area (Å²) < 4.78 is 0. The molecule has 1 aromatic carbocycles. The minimum atomic E-state index is -0.334. The Kier molecular flexibility index (Phi) is 3.48. The molecule has 1 atom stereocenters. The molecule has 3 heteroatoms. The summed E-state index contributed by atoms with van der Waals surface area (Å²) in [5, 5.41) is 3.20. The number of nitrogens with two attached hydrogens (primary N) is 1. The van der Waals surface area contributed by atoms with Gasteiger partial charge < -0.3 is 5.73 Å². The van der Waals surface area contributed by atoms with Crippen LogP contribution < -0.4 is 11.1 Å². The highest BCUT2D eigenvalue weighted by Crippen LogP contribution is 2.19. The van der Waals surface area contributed by atoms with E-state index in [0.717, 1.165) is 5.56 Å². The number of hydrogen-bond donors (Lipinski definition) is 2. The molecule has 0 unspecified atom stereocenters. The van der Waals surface area contributed by atoms with Gasteiger partial charge >= 0.3 is 0 Å². The van der Waals surface area contributed by atoms with E-state index in [9.17, 15) is 4.79 Å². The van der Waals surface area contributed by atoms with Crippen molar-refractivity contribution in [3.05, 3.63) is 35.9 Å². The summed E-state index contributed by atoms with van der Waals surface area (Å²) in [5.74, 6) is -0.334. The average Bonchev–Trinajstić information content (AvgIpc) is 2.18. The molecular formula is C12H18N2O. The lowest BCUT2D eigenvalue weighted by atomic mass is 9.93. The Labute approximate surface area is 90.7 Å². The van der Waals surface area contributed by atoms with Gasteiger partial charge in [0.1, 0.15) is 0 Å². The highest BCUT2D eigenvalue weighted by atomic mass is 16.1. The first-order valence-electron chi connectivity index (χ1n) is 5.06. The fourth-order valence-corrected chi connectivity index (χ4v) is 1.55. The Morgan fingerprint density at radius 1 is 1.33 bits per heavy atom. The van der Waals surface area contributed by atoms with Gasteiger partial charge in [0, 0.05) is 5.54 Å². The molecule has 0 aliphatic carbocycles. The molecule has 0 spiro atoms. The highest BCUT2D eigenvalue weighted by molar-refractivity contribution is 5.79. The van der Waals surface area contributed by atoms with Crippen LogP contribution in [-0.2, 0) is 10.3 Å². The number of amides is 1. The van der Waals surface area contributed by atoms with Crippen LogP contribution in [0, 0.1) is 0 Å². The van der Waals surface area contributed by atoms with E-state index >= 15 is 0 Å². The fraction of sp³-hybridized carbons (Fsp3) is 0.417. The standard InChI is InChI=1S/C12H18N2O/c1-9(11(13)15)14-12(2,3)10-7-5-4-6-8-10/h4-9,14H,1-3H3,(H2,13,15)/t9-/m0/s1. The van der Waals surface area contributed by atoms with Crippen LogP contribution in [0.2, 0.25) is 0 Å². The maximum absolute atomic E-state index is 11.0. The second kappa shape index (κ2) is 4.45. The normalized spacial score (nSPS) is 13.5. The molecule has 1 amide bonds. The van der Waals surface area contributed by atoms with Crippen LogP contribution in [0.5, 0.6) is 0 Å². The first-order valence-corrected chi connectivity index (χ1v) is 5.06. The van der Waals surface area contributed by atoms with Crippen molar-refractivity contribution >= 4 is 5.91 Å². The first-order chi connectivity index (χ1) is 6.93. The molecule has 0 fully saturated rings. The molecule has 82 valence electrons. The monoisotopic (exact) mass is 206 g/mol. The number of primary amides is 1. The van der Waals surface area contributed by atoms with Crippen LogP contribution in [0.1, 0.15) is 26.3 Å². The zero-order chi connectivity index (χ0) is 11.5. The fourth-order valence-electron chi connectivity index (χ4n) is 1.55. The van der Waals surface area contributed by atoms with Gasteiger partial charge in [-0.05, 0) is 26.3 Å². The van der Waals surface area contributed by atoms with E-state index in [1.54, 1.807) is 6.92 Å². The van der Waals surface area contributed by atoms with E-state index in [1.807, 2.05) is 44.2 Å². The van der Waals surface area contributed by atoms with E-state index in [-0.39, 0.29) is 17.5 Å². The van der Waals surface area contributed by atoms with Crippen LogP contribution in [0.15, 0.2) is 30.3 Å². The van der Waals surface area contributed by atoms with Gasteiger partial charge in [0.05, 0.1) is 6.04 Å². The van der Waals surface area contributed by atoms with Crippen molar-refractivity contribution in [1.82, 2.24) is 5.32 Å². The van der Waals surface area contributed by atoms with Crippen molar-refractivity contribution in [2.75, 3.05) is 0 Å². The SMILES string of the molecule is C[C@H](NC(C)(C)c1ccccc1)C(N)=O. The zero-order valence-electron chi connectivity index (χ0n) is 9.45. The van der Waals surface area contributed by atoms with Gasteiger partial charge in [-0.1, -0.05) is 30.3 Å². The summed E-state index contributed by atoms with van der Waals surface area (Å²) in [6.45, 7) is 5.83. The maximum Gasteiger partial charge on any atom is 0.234 e. The lowest BCUT2D eigenvalue weighted by molar-refractivity contribution is -0.120. The second-order valence-electron chi connectivity index (χ2n) is 4.26. The predicted octanol–water partition coefficient (Wildman–Crippen LogP) is 1.39. The molecular weight excluding hydrogens is 188 g/mol. The van der Waals surface area contributed by atoms with Gasteiger partial charge in [-0.2, -0.15) is 0 Å². The van der Waals surface area contributed by atoms with Crippen molar-refractivity contribution in [3.63, 3.8) is 0 Å². The van der Waals surface area contributed by atoms with E-state index in [4.69, 9.17) is 5.73 Å². The summed E-state index contributed by atoms with van der Waals surface area (Å²) >= 11 is 0. The predicted molar refractivity (Wildman–Crippen MR) is 61.3 cm³/mol. The number of hydrogen-bond acceptors (Lipinski definition) is 2. The van der Waals surface area contributed by atoms with Crippen LogP contribution >= 0.6 is 0 Å². The summed E-state index contributed by atoms with van der Waals surface area (Å²) in [7, 11) is 0. The van der Waals surface area contributed by atoms with Gasteiger partial charge in [0.2, 0.25) is 5.91 Å². The minimum Gasteiger partial charge on any atom is -0.368 e. The maximum atomic E-state index is 11.0. The molecule has 0 saturated carbocycles. The highest BCUT2D eigenvalue weighted by Gasteiger charge is 2.23. The summed E-state index contributed by atoms with van der Waals surface area (Å²) in [5.41, 5.74) is 6.10. The van der Waals surface area contributed by atoms with Gasteiger partial charge in [0.15, 0.2) is 0 Å². The van der Waals surface area contributed by atoms with Crippen molar-refractivity contribution in [2.24, 2.45) is 5.73 Å². The third kappa shape index (κ3) is 3.06. The minimum absolute atomic E-state index is 0.254. The van der Waals surface area contributed by atoms with Crippen molar-refractivity contribution < 1.29 is 4.79 Å². The molecule has 0 aliphatic rings. The Hall–Kier alpha value is -1.35. The molecule has 1 rings (SSSR count). The molecule has 0 heterocycles. The molecule has 3 N–H and O–H groups in total. The molecule has 0 aliphatic heterocycles. The topological polar surface area (TPSA) is 55.1 Å². The van der Waals surface area contributed by atoms with E-state index < -0.39 is 0 Å². The van der Waals surface area contributed by atoms with E-state index in [1.165, 1.54) is 0 Å². The third-order valence-electron chi connectivity index (χ3n) is 2.50. The average molecular weight is 206 g/mol. The van der Waals surface area contributed by atoms with Crippen LogP contribution in [0.25, 0.3) is 0 Å². The summed E-state index contributed by atoms with van der Waals surface area (Å²) in [6.07, 6.45) is 0. The van der Waals surface area contributed by atoms with Crippen molar-refractivity contribution in [1.29, 1.82) is 0 Å². The zero-order valence-corrected chi connectivity index (χ0v) is 9.45. The van der Waals surface area contributed by atoms with Crippen LogP contribution in [0.4, 0.5) is 0 Å². The van der Waals surface area contributed by atoms with Crippen molar-refractivity contribution in [3.8, 4) is 0 Å². The number of nitrogens with one attached hydrogen (secondary N) is 1. The smallest absolute Gasteiger partial charge is 0.234 e. The lowest BCUT2D eigenvalue weighted by Crippen LogP contribution is -2.48. The van der Waals surface area contributed by atoms with E-state index in [0.29, 0.717) is 0 Å². The summed E-state index contributed by atoms with van der Waals surface area (Å²) in [4.78, 5) is 11.0. The van der Waals surface area contributed by atoms with Crippen LogP contribution in [-0.4, -0.2) is 11.9 Å². The largest absolute Gasteiger partial charge is 0.368 e. The third-order valence-corrected chi connectivity index (χ3v) is 2.50. The Bertz CT molecular complexity index is 333. The lowest BCUT2D eigenvalue weighted by Gasteiger charge is -2.29. The molecule has 0 bridgehead atoms. The van der Waals surface area contributed by atoms with Gasteiger partial charge in [-0.3, -0.25) is 10.1 Å². The van der Waals surface area contributed by atoms with Gasteiger partial charge in [0.25, 0.3) is 0 Å². The van der Waals surface area contributed by atoms with Gasteiger partial charge in [-0.25, -0.2) is 0 Å². The first kappa shape index (κ1) is 11.7. The molecule has 0 aromatic heterocycles. The number of carbonyl (C=O) groups excluding carboxylic acids is 1. The van der Waals surface area contributed by atoms with Crippen LogP contribution in [0.3, 0.4) is 0 Å². The Balaban J connectivity index is 2.80. The van der Waals surface area contributed by atoms with E-state index in [2.05, 4.69) is 5.32 Å². The van der Waals surface area contributed by atoms with Crippen molar-refractivity contribution in [2.45, 2.75) is 32.4 Å². The molecule has 15 heavy (non-hydrogen) atoms. The molecule has 0 saturated heterocycles. The Morgan fingerprint density at radius 3 is 2.33 bits per heavy atom. The second-order valence-corrected chi connectivity index (χ2v) is 4.26. The molecule has 1 aromatic rings. The van der Waals surface area contributed by atoms with Gasteiger partial charge in [-0.15, -0.1) is 0 Å². The number of rotatable bonds is 4. The molecule has 3 nitrogen and oxygen atoms in total. The Morgan fingerprint density at radius 2 is 1.87 bits per heavy atom. The number of carbonyl (C=O) groups is 1. The number of benzene rings is 1.